The van der Waals surface area contributed by atoms with E-state index in [1.165, 1.54) is 13.1 Å². The van der Waals surface area contributed by atoms with E-state index in [0.717, 1.165) is 11.0 Å². The summed E-state index contributed by atoms with van der Waals surface area (Å²) in [6.45, 7) is 1.40. The van der Waals surface area contributed by atoms with Crippen molar-refractivity contribution in [3.8, 4) is 0 Å². The maximum Gasteiger partial charge on any atom is 0.236 e. The number of para-hydroxylation sites is 2. The number of amides is 1. The number of carbonyl (C=O) groups excluding carboxylic acids is 1. The van der Waals surface area contributed by atoms with Gasteiger partial charge in [-0.05, 0) is 12.1 Å². The molecule has 0 radical (unpaired) electrons. The van der Waals surface area contributed by atoms with Crippen LogP contribution in [-0.4, -0.2) is 22.1 Å². The quantitative estimate of drug-likeness (QED) is 0.564. The molecule has 0 aliphatic carbocycles. The number of hydrazone groups is 1. The summed E-state index contributed by atoms with van der Waals surface area (Å²) in [5.74, 6) is 0.410. The number of benzene rings is 1. The molecule has 1 aromatic carbocycles. The SMILES string of the molecule is CC(=O)N/N=C/c1nc2ccccc2[nH]1. The normalized spacial score (nSPS) is 11.0. The van der Waals surface area contributed by atoms with Gasteiger partial charge in [0.2, 0.25) is 5.91 Å². The van der Waals surface area contributed by atoms with Crippen LogP contribution in [0.5, 0.6) is 0 Å². The van der Waals surface area contributed by atoms with E-state index in [0.29, 0.717) is 5.82 Å². The van der Waals surface area contributed by atoms with Crippen LogP contribution in [-0.2, 0) is 4.79 Å². The number of nitrogens with zero attached hydrogens (tertiary/aromatic N) is 2. The van der Waals surface area contributed by atoms with Gasteiger partial charge in [-0.2, -0.15) is 5.10 Å². The number of nitrogens with one attached hydrogen (secondary N) is 2. The van der Waals surface area contributed by atoms with Gasteiger partial charge in [-0.1, -0.05) is 12.1 Å². The number of H-pyrrole nitrogens is 1. The van der Waals surface area contributed by atoms with Crippen molar-refractivity contribution in [3.05, 3.63) is 30.1 Å². The molecule has 1 heterocycles. The summed E-state index contributed by atoms with van der Waals surface area (Å²) < 4.78 is 0. The lowest BCUT2D eigenvalue weighted by atomic mass is 10.3. The number of aromatic nitrogens is 2. The number of hydrogen-bond acceptors (Lipinski definition) is 3. The third-order valence-corrected chi connectivity index (χ3v) is 1.82. The van der Waals surface area contributed by atoms with Gasteiger partial charge in [0.15, 0.2) is 5.82 Å². The summed E-state index contributed by atoms with van der Waals surface area (Å²) >= 11 is 0. The Balaban J connectivity index is 2.22. The molecule has 1 amide bonds. The van der Waals surface area contributed by atoms with Gasteiger partial charge in [0.1, 0.15) is 0 Å². The Hall–Kier alpha value is -2.17. The van der Waals surface area contributed by atoms with Crippen molar-refractivity contribution in [3.63, 3.8) is 0 Å². The summed E-state index contributed by atoms with van der Waals surface area (Å²) in [6.07, 6.45) is 1.47. The van der Waals surface area contributed by atoms with Crippen molar-refractivity contribution in [2.24, 2.45) is 5.10 Å². The van der Waals surface area contributed by atoms with Crippen molar-refractivity contribution in [1.29, 1.82) is 0 Å². The fourth-order valence-electron chi connectivity index (χ4n) is 1.22. The predicted molar refractivity (Wildman–Crippen MR) is 57.5 cm³/mol. The maximum absolute atomic E-state index is 10.6. The van der Waals surface area contributed by atoms with Gasteiger partial charge in [-0.25, -0.2) is 10.4 Å². The number of aromatic amines is 1. The Bertz CT molecular complexity index is 482. The average Bonchev–Trinajstić information content (AvgIpc) is 2.59. The highest BCUT2D eigenvalue weighted by Crippen LogP contribution is 2.08. The highest BCUT2D eigenvalue weighted by Gasteiger charge is 1.98. The number of hydrogen-bond donors (Lipinski definition) is 2. The van der Waals surface area contributed by atoms with E-state index in [2.05, 4.69) is 20.5 Å². The first kappa shape index (κ1) is 9.39. The molecule has 2 aromatic rings. The minimum Gasteiger partial charge on any atom is -0.337 e. The van der Waals surface area contributed by atoms with Crippen molar-refractivity contribution in [1.82, 2.24) is 15.4 Å². The molecule has 0 unspecified atom stereocenters. The molecule has 5 nitrogen and oxygen atoms in total. The van der Waals surface area contributed by atoms with Gasteiger partial charge in [-0.15, -0.1) is 0 Å². The average molecular weight is 202 g/mol. The van der Waals surface area contributed by atoms with Crippen LogP contribution in [0, 0.1) is 0 Å². The van der Waals surface area contributed by atoms with E-state index in [1.54, 1.807) is 0 Å². The van der Waals surface area contributed by atoms with Gasteiger partial charge >= 0.3 is 0 Å². The zero-order chi connectivity index (χ0) is 10.7. The number of fused-ring (bicyclic) bond motifs is 1. The lowest BCUT2D eigenvalue weighted by molar-refractivity contribution is -0.118. The predicted octanol–water partition coefficient (Wildman–Crippen LogP) is 1.03. The Kier molecular flexibility index (Phi) is 2.45. The number of imidazole rings is 1. The molecule has 1 aromatic heterocycles. The molecular weight excluding hydrogens is 192 g/mol. The van der Waals surface area contributed by atoms with Gasteiger partial charge in [0.25, 0.3) is 0 Å². The third kappa shape index (κ3) is 2.19. The Labute approximate surface area is 86.2 Å². The minimum atomic E-state index is -0.206. The van der Waals surface area contributed by atoms with Crippen molar-refractivity contribution < 1.29 is 4.79 Å². The summed E-state index contributed by atoms with van der Waals surface area (Å²) in [4.78, 5) is 17.9. The van der Waals surface area contributed by atoms with Crippen molar-refractivity contribution in [2.75, 3.05) is 0 Å². The molecule has 0 saturated heterocycles. The van der Waals surface area contributed by atoms with Gasteiger partial charge in [-0.3, -0.25) is 4.79 Å². The van der Waals surface area contributed by atoms with Crippen LogP contribution in [0.2, 0.25) is 0 Å². The number of rotatable bonds is 2. The molecule has 0 bridgehead atoms. The zero-order valence-electron chi connectivity index (χ0n) is 8.19. The van der Waals surface area contributed by atoms with Crippen LogP contribution in [0.3, 0.4) is 0 Å². The Morgan fingerprint density at radius 1 is 1.53 bits per heavy atom. The van der Waals surface area contributed by atoms with Crippen LogP contribution >= 0.6 is 0 Å². The standard InChI is InChI=1S/C10H10N4O/c1-7(15)14-11-6-10-12-8-4-2-3-5-9(8)13-10/h2-6H,1H3,(H,12,13)(H,14,15)/b11-6+. The molecule has 0 aliphatic rings. The van der Waals surface area contributed by atoms with Gasteiger partial charge < -0.3 is 4.98 Å². The van der Waals surface area contributed by atoms with Crippen LogP contribution in [0.15, 0.2) is 29.4 Å². The first-order valence-corrected chi connectivity index (χ1v) is 4.50. The first-order valence-electron chi connectivity index (χ1n) is 4.50. The fraction of sp³-hybridized carbons (Fsp3) is 0.100. The van der Waals surface area contributed by atoms with Crippen LogP contribution in [0.4, 0.5) is 0 Å². The molecule has 0 atom stereocenters. The Morgan fingerprint density at radius 3 is 3.07 bits per heavy atom. The van der Waals surface area contributed by atoms with Gasteiger partial charge in [0, 0.05) is 6.92 Å². The summed E-state index contributed by atoms with van der Waals surface area (Å²) in [5.41, 5.74) is 4.13. The zero-order valence-corrected chi connectivity index (χ0v) is 8.19. The molecule has 0 fully saturated rings. The molecule has 0 spiro atoms. The summed E-state index contributed by atoms with van der Waals surface area (Å²) in [7, 11) is 0. The van der Waals surface area contributed by atoms with E-state index in [-0.39, 0.29) is 5.91 Å². The van der Waals surface area contributed by atoms with E-state index < -0.39 is 0 Å². The smallest absolute Gasteiger partial charge is 0.236 e. The number of carbonyl (C=O) groups is 1. The van der Waals surface area contributed by atoms with Gasteiger partial charge in [0.05, 0.1) is 17.2 Å². The molecule has 15 heavy (non-hydrogen) atoms. The molecule has 2 N–H and O–H groups in total. The second-order valence-corrected chi connectivity index (χ2v) is 3.07. The maximum atomic E-state index is 10.6. The molecule has 5 heteroatoms. The molecule has 76 valence electrons. The topological polar surface area (TPSA) is 70.1 Å². The monoisotopic (exact) mass is 202 g/mol. The van der Waals surface area contributed by atoms with Crippen LogP contribution in [0.1, 0.15) is 12.7 Å². The van der Waals surface area contributed by atoms with Crippen molar-refractivity contribution in [2.45, 2.75) is 6.92 Å². The fourth-order valence-corrected chi connectivity index (χ4v) is 1.22. The second kappa shape index (κ2) is 3.91. The van der Waals surface area contributed by atoms with E-state index in [9.17, 15) is 4.79 Å². The summed E-state index contributed by atoms with van der Waals surface area (Å²) in [6, 6.07) is 7.67. The molecular formula is C10H10N4O. The van der Waals surface area contributed by atoms with E-state index in [4.69, 9.17) is 0 Å². The molecule has 0 aliphatic heterocycles. The first-order chi connectivity index (χ1) is 7.25. The molecule has 2 rings (SSSR count). The summed E-state index contributed by atoms with van der Waals surface area (Å²) in [5, 5.41) is 3.72. The van der Waals surface area contributed by atoms with E-state index >= 15 is 0 Å². The van der Waals surface area contributed by atoms with Crippen molar-refractivity contribution >= 4 is 23.2 Å². The minimum absolute atomic E-state index is 0.206. The molecule has 0 saturated carbocycles. The van der Waals surface area contributed by atoms with Crippen LogP contribution < -0.4 is 5.43 Å². The van der Waals surface area contributed by atoms with E-state index in [1.807, 2.05) is 24.3 Å². The lowest BCUT2D eigenvalue weighted by Gasteiger charge is -1.88. The third-order valence-electron chi connectivity index (χ3n) is 1.82. The highest BCUT2D eigenvalue weighted by atomic mass is 16.2. The largest absolute Gasteiger partial charge is 0.337 e. The highest BCUT2D eigenvalue weighted by molar-refractivity contribution is 5.84. The lowest BCUT2D eigenvalue weighted by Crippen LogP contribution is -2.12. The second-order valence-electron chi connectivity index (χ2n) is 3.07. The van der Waals surface area contributed by atoms with Crippen LogP contribution in [0.25, 0.3) is 11.0 Å². The Morgan fingerprint density at radius 2 is 2.33 bits per heavy atom.